The molecule has 3 amide bonds. The van der Waals surface area contributed by atoms with E-state index in [4.69, 9.17) is 27.9 Å². The molecule has 178 valence electrons. The first kappa shape index (κ1) is 24.3. The highest BCUT2D eigenvalue weighted by Gasteiger charge is 2.40. The second kappa shape index (κ2) is 9.77. The van der Waals surface area contributed by atoms with Crippen LogP contribution in [0.15, 0.2) is 71.4 Å². The van der Waals surface area contributed by atoms with Gasteiger partial charge in [0.05, 0.1) is 17.8 Å². The van der Waals surface area contributed by atoms with E-state index in [1.807, 2.05) is 6.92 Å². The Balaban J connectivity index is 1.51. The summed E-state index contributed by atoms with van der Waals surface area (Å²) >= 11 is 12.0. The van der Waals surface area contributed by atoms with Crippen LogP contribution in [-0.4, -0.2) is 24.8 Å². The topological polar surface area (TPSA) is 87.7 Å². The van der Waals surface area contributed by atoms with E-state index in [-0.39, 0.29) is 21.4 Å². The molecule has 1 heterocycles. The van der Waals surface area contributed by atoms with Gasteiger partial charge in [-0.25, -0.2) is 9.29 Å². The predicted molar refractivity (Wildman–Crippen MR) is 133 cm³/mol. The summed E-state index contributed by atoms with van der Waals surface area (Å²) in [7, 11) is 1.44. The molecule has 10 heteroatoms. The Morgan fingerprint density at radius 2 is 1.63 bits per heavy atom. The van der Waals surface area contributed by atoms with Gasteiger partial charge in [0.1, 0.15) is 22.3 Å². The first-order chi connectivity index (χ1) is 16.7. The Morgan fingerprint density at radius 1 is 0.943 bits per heavy atom. The number of hydrogen-bond acceptors (Lipinski definition) is 5. The van der Waals surface area contributed by atoms with E-state index in [0.717, 1.165) is 16.5 Å². The molecule has 0 saturated carbocycles. The number of ether oxygens (including phenoxy) is 1. The second-order valence-electron chi connectivity index (χ2n) is 7.60. The maximum atomic E-state index is 13.3. The van der Waals surface area contributed by atoms with Crippen LogP contribution in [0.5, 0.6) is 5.75 Å². The molecule has 2 N–H and O–H groups in total. The van der Waals surface area contributed by atoms with Crippen molar-refractivity contribution in [3.05, 3.63) is 93.4 Å². The van der Waals surface area contributed by atoms with Gasteiger partial charge in [-0.15, -0.1) is 0 Å². The number of aryl methyl sites for hydroxylation is 1. The summed E-state index contributed by atoms with van der Waals surface area (Å²) in [5, 5.41) is 5.10. The third-order valence-electron chi connectivity index (χ3n) is 5.20. The Labute approximate surface area is 210 Å². The van der Waals surface area contributed by atoms with Gasteiger partial charge in [0.2, 0.25) is 0 Å². The number of rotatable bonds is 6. The highest BCUT2D eigenvalue weighted by atomic mass is 35.5. The lowest BCUT2D eigenvalue weighted by molar-refractivity contribution is -0.120. The number of hydrogen-bond donors (Lipinski definition) is 2. The summed E-state index contributed by atoms with van der Waals surface area (Å²) in [4.78, 5) is 39.3. The fourth-order valence-electron chi connectivity index (χ4n) is 3.43. The van der Waals surface area contributed by atoms with Crippen LogP contribution in [0.1, 0.15) is 15.9 Å². The minimum atomic E-state index is -0.683. The maximum absolute atomic E-state index is 13.3. The monoisotopic (exact) mass is 513 g/mol. The van der Waals surface area contributed by atoms with Crippen molar-refractivity contribution >= 4 is 58.0 Å². The zero-order chi connectivity index (χ0) is 25.3. The van der Waals surface area contributed by atoms with E-state index < -0.39 is 23.5 Å². The minimum absolute atomic E-state index is 0.0987. The first-order valence-electron chi connectivity index (χ1n) is 10.3. The van der Waals surface area contributed by atoms with Crippen LogP contribution < -0.4 is 20.3 Å². The van der Waals surface area contributed by atoms with E-state index >= 15 is 0 Å². The fraction of sp³-hybridized carbons (Fsp3) is 0.0800. The lowest BCUT2D eigenvalue weighted by atomic mass is 10.1. The molecule has 1 aliphatic heterocycles. The van der Waals surface area contributed by atoms with Crippen LogP contribution in [0.3, 0.4) is 0 Å². The fourth-order valence-corrected chi connectivity index (χ4v) is 3.82. The summed E-state index contributed by atoms with van der Waals surface area (Å²) < 4.78 is 18.6. The number of carbonyl (C=O) groups excluding carboxylic acids is 3. The number of nitrogens with zero attached hydrogens (tertiary/aromatic N) is 1. The number of imide groups is 1. The molecule has 0 saturated heterocycles. The number of amides is 3. The van der Waals surface area contributed by atoms with Crippen LogP contribution >= 0.6 is 23.2 Å². The Morgan fingerprint density at radius 3 is 2.29 bits per heavy atom. The lowest BCUT2D eigenvalue weighted by Crippen LogP contribution is -2.32. The molecule has 7 nitrogen and oxygen atoms in total. The van der Waals surface area contributed by atoms with E-state index in [9.17, 15) is 18.8 Å². The van der Waals surface area contributed by atoms with Gasteiger partial charge in [-0.1, -0.05) is 29.3 Å². The number of methoxy groups -OCH3 is 1. The van der Waals surface area contributed by atoms with E-state index in [1.165, 1.54) is 31.4 Å². The van der Waals surface area contributed by atoms with Gasteiger partial charge in [-0.2, -0.15) is 0 Å². The number of anilines is 3. The van der Waals surface area contributed by atoms with Gasteiger partial charge in [0, 0.05) is 16.9 Å². The van der Waals surface area contributed by atoms with Crippen LogP contribution in [-0.2, 0) is 9.59 Å². The molecule has 0 bridgehead atoms. The average Bonchev–Trinajstić information content (AvgIpc) is 3.04. The summed E-state index contributed by atoms with van der Waals surface area (Å²) in [6.07, 6.45) is 0. The number of carbonyl (C=O) groups is 3. The van der Waals surface area contributed by atoms with Crippen LogP contribution in [0.4, 0.5) is 21.5 Å². The van der Waals surface area contributed by atoms with Gasteiger partial charge >= 0.3 is 0 Å². The molecule has 0 unspecified atom stereocenters. The van der Waals surface area contributed by atoms with Gasteiger partial charge in [-0.3, -0.25) is 14.4 Å². The summed E-state index contributed by atoms with van der Waals surface area (Å²) in [6, 6.07) is 15.1. The van der Waals surface area contributed by atoms with Crippen molar-refractivity contribution in [2.24, 2.45) is 0 Å². The molecule has 3 aromatic rings. The number of halogens is 3. The number of benzene rings is 3. The minimum Gasteiger partial charge on any atom is -0.495 e. The summed E-state index contributed by atoms with van der Waals surface area (Å²) in [5.41, 5.74) is 2.08. The van der Waals surface area contributed by atoms with Gasteiger partial charge in [-0.05, 0) is 67.1 Å². The normalized spacial score (nSPS) is 13.3. The Hall–Kier alpha value is -3.88. The molecule has 0 atom stereocenters. The molecule has 3 aromatic carbocycles. The summed E-state index contributed by atoms with van der Waals surface area (Å²) in [5.74, 6) is -2.01. The number of nitrogens with one attached hydrogen (secondary N) is 2. The quantitative estimate of drug-likeness (QED) is 0.426. The molecule has 4 rings (SSSR count). The van der Waals surface area contributed by atoms with Crippen molar-refractivity contribution < 1.29 is 23.5 Å². The standard InChI is InChI=1S/C25H18Cl2FN3O4/c1-13-3-10-20(35-2)19(11-13)31-24(33)21(27)22(25(31)34)29-15-6-4-14(5-7-15)23(32)30-16-8-9-18(28)17(26)12-16/h3-12,29H,1-2H3,(H,30,32). The molecule has 0 spiro atoms. The molecule has 0 radical (unpaired) electrons. The van der Waals surface area contributed by atoms with Gasteiger partial charge in [0.25, 0.3) is 17.7 Å². The van der Waals surface area contributed by atoms with Crippen LogP contribution in [0, 0.1) is 12.7 Å². The molecular weight excluding hydrogens is 496 g/mol. The van der Waals surface area contributed by atoms with Crippen molar-refractivity contribution in [1.82, 2.24) is 0 Å². The molecule has 35 heavy (non-hydrogen) atoms. The highest BCUT2D eigenvalue weighted by molar-refractivity contribution is 6.53. The zero-order valence-corrected chi connectivity index (χ0v) is 20.0. The predicted octanol–water partition coefficient (Wildman–Crippen LogP) is 5.48. The van der Waals surface area contributed by atoms with Gasteiger partial charge < -0.3 is 15.4 Å². The van der Waals surface area contributed by atoms with E-state index in [0.29, 0.717) is 22.7 Å². The third-order valence-corrected chi connectivity index (χ3v) is 5.84. The smallest absolute Gasteiger partial charge is 0.283 e. The molecule has 0 fully saturated rings. The largest absolute Gasteiger partial charge is 0.495 e. The van der Waals surface area contributed by atoms with Crippen molar-refractivity contribution in [3.63, 3.8) is 0 Å². The van der Waals surface area contributed by atoms with Crippen LogP contribution in [0.2, 0.25) is 5.02 Å². The Bertz CT molecular complexity index is 1390. The molecule has 1 aliphatic rings. The second-order valence-corrected chi connectivity index (χ2v) is 8.38. The molecule has 0 aromatic heterocycles. The van der Waals surface area contributed by atoms with Crippen molar-refractivity contribution in [2.45, 2.75) is 6.92 Å². The third kappa shape index (κ3) is 4.84. The Kier molecular flexibility index (Phi) is 6.77. The van der Waals surface area contributed by atoms with Crippen molar-refractivity contribution in [2.75, 3.05) is 22.6 Å². The van der Waals surface area contributed by atoms with Gasteiger partial charge in [0.15, 0.2) is 0 Å². The zero-order valence-electron chi connectivity index (χ0n) is 18.5. The average molecular weight is 514 g/mol. The van der Waals surface area contributed by atoms with Crippen LogP contribution in [0.25, 0.3) is 0 Å². The SMILES string of the molecule is COc1ccc(C)cc1N1C(=O)C(Cl)=C(Nc2ccc(C(=O)Nc3ccc(F)c(Cl)c3)cc2)C1=O. The summed E-state index contributed by atoms with van der Waals surface area (Å²) in [6.45, 7) is 1.82. The lowest BCUT2D eigenvalue weighted by Gasteiger charge is -2.18. The van der Waals surface area contributed by atoms with E-state index in [2.05, 4.69) is 10.6 Å². The van der Waals surface area contributed by atoms with E-state index in [1.54, 1.807) is 30.3 Å². The van der Waals surface area contributed by atoms with Crippen molar-refractivity contribution in [3.8, 4) is 5.75 Å². The maximum Gasteiger partial charge on any atom is 0.283 e. The highest BCUT2D eigenvalue weighted by Crippen LogP contribution is 2.36. The first-order valence-corrected chi connectivity index (χ1v) is 11.0. The van der Waals surface area contributed by atoms with Crippen molar-refractivity contribution in [1.29, 1.82) is 0 Å². The molecule has 0 aliphatic carbocycles. The molecular formula is C25H18Cl2FN3O4.